The molecule has 1 aromatic rings. The Bertz CT molecular complexity index is 350. The molecule has 1 aromatic heterocycles. The molecule has 0 amide bonds. The summed E-state index contributed by atoms with van der Waals surface area (Å²) in [5.41, 5.74) is 0. The Morgan fingerprint density at radius 3 is 2.00 bits per heavy atom. The van der Waals surface area contributed by atoms with Crippen molar-refractivity contribution >= 4 is 0 Å². The Morgan fingerprint density at radius 1 is 0.739 bits per heavy atom. The van der Waals surface area contributed by atoms with E-state index < -0.39 is 0 Å². The molecule has 2 heteroatoms. The van der Waals surface area contributed by atoms with Crippen molar-refractivity contribution in [3.8, 4) is 0 Å². The molecule has 0 radical (unpaired) electrons. The van der Waals surface area contributed by atoms with Crippen LogP contribution < -0.4 is 4.57 Å². The van der Waals surface area contributed by atoms with E-state index in [-0.39, 0.29) is 0 Å². The lowest BCUT2D eigenvalue weighted by molar-refractivity contribution is -0.704. The number of aryl methyl sites for hydroxylation is 2. The Morgan fingerprint density at radius 2 is 1.35 bits per heavy atom. The number of nitrogens with zero attached hydrogens (tertiary/aromatic N) is 2. The van der Waals surface area contributed by atoms with Crippen LogP contribution in [0.4, 0.5) is 0 Å². The molecule has 0 aliphatic carbocycles. The lowest BCUT2D eigenvalue weighted by atomic mass is 10.1. The maximum atomic E-state index is 2.54. The molecule has 1 rings (SSSR count). The van der Waals surface area contributed by atoms with Crippen molar-refractivity contribution in [2.75, 3.05) is 0 Å². The normalized spacial score (nSPS) is 11.3. The smallest absolute Gasteiger partial charge is 0.234 e. The SMILES string of the molecule is CCCCCCCn1cc[n+](CCCCCCC)c1CCCC. The minimum absolute atomic E-state index is 1.21. The Labute approximate surface area is 145 Å². The minimum atomic E-state index is 1.21. The van der Waals surface area contributed by atoms with Crippen LogP contribution in [0.1, 0.15) is 104 Å². The van der Waals surface area contributed by atoms with Gasteiger partial charge in [-0.25, -0.2) is 9.13 Å². The molecule has 1 heterocycles. The molecule has 0 saturated heterocycles. The number of hydrogen-bond donors (Lipinski definition) is 0. The van der Waals surface area contributed by atoms with Crippen molar-refractivity contribution in [1.29, 1.82) is 0 Å². The van der Waals surface area contributed by atoms with Crippen molar-refractivity contribution in [3.05, 3.63) is 18.2 Å². The van der Waals surface area contributed by atoms with Gasteiger partial charge in [0.2, 0.25) is 0 Å². The van der Waals surface area contributed by atoms with E-state index in [4.69, 9.17) is 0 Å². The third-order valence-corrected chi connectivity index (χ3v) is 4.85. The molecule has 0 bridgehead atoms. The summed E-state index contributed by atoms with van der Waals surface area (Å²) < 4.78 is 5.07. The van der Waals surface area contributed by atoms with Gasteiger partial charge in [0.05, 0.1) is 13.1 Å². The van der Waals surface area contributed by atoms with E-state index in [0.717, 1.165) is 0 Å². The van der Waals surface area contributed by atoms with Gasteiger partial charge >= 0.3 is 0 Å². The zero-order valence-corrected chi connectivity index (χ0v) is 16.2. The van der Waals surface area contributed by atoms with Crippen LogP contribution in [0.25, 0.3) is 0 Å². The zero-order chi connectivity index (χ0) is 16.8. The third kappa shape index (κ3) is 8.58. The van der Waals surface area contributed by atoms with Crippen molar-refractivity contribution in [3.63, 3.8) is 0 Å². The summed E-state index contributed by atoms with van der Waals surface area (Å²) in [5, 5.41) is 0. The highest BCUT2D eigenvalue weighted by Crippen LogP contribution is 2.09. The fourth-order valence-electron chi connectivity index (χ4n) is 3.30. The first-order valence-electron chi connectivity index (χ1n) is 10.4. The van der Waals surface area contributed by atoms with Gasteiger partial charge in [0, 0.05) is 6.42 Å². The van der Waals surface area contributed by atoms with E-state index in [1.54, 1.807) is 5.82 Å². The Hall–Kier alpha value is -0.790. The van der Waals surface area contributed by atoms with E-state index in [1.807, 2.05) is 0 Å². The summed E-state index contributed by atoms with van der Waals surface area (Å²) in [4.78, 5) is 0. The number of unbranched alkanes of at least 4 members (excludes halogenated alkanes) is 9. The number of hydrogen-bond acceptors (Lipinski definition) is 0. The van der Waals surface area contributed by atoms with Gasteiger partial charge in [-0.3, -0.25) is 0 Å². The van der Waals surface area contributed by atoms with Crippen molar-refractivity contribution in [1.82, 2.24) is 4.57 Å². The third-order valence-electron chi connectivity index (χ3n) is 4.85. The summed E-state index contributed by atoms with van der Waals surface area (Å²) in [6.45, 7) is 9.31. The van der Waals surface area contributed by atoms with E-state index in [1.165, 1.54) is 96.6 Å². The van der Waals surface area contributed by atoms with Gasteiger partial charge in [0.15, 0.2) is 0 Å². The van der Waals surface area contributed by atoms with E-state index in [2.05, 4.69) is 42.3 Å². The van der Waals surface area contributed by atoms with Crippen molar-refractivity contribution < 1.29 is 4.57 Å². The molecule has 0 atom stereocenters. The van der Waals surface area contributed by atoms with Gasteiger partial charge in [-0.15, -0.1) is 0 Å². The van der Waals surface area contributed by atoms with Gasteiger partial charge in [0.1, 0.15) is 12.4 Å². The van der Waals surface area contributed by atoms with Crippen molar-refractivity contribution in [2.45, 2.75) is 117 Å². The van der Waals surface area contributed by atoms with E-state index >= 15 is 0 Å². The Kier molecular flexibility index (Phi) is 12.0. The molecule has 0 saturated carbocycles. The molecule has 23 heavy (non-hydrogen) atoms. The van der Waals surface area contributed by atoms with Crippen LogP contribution in [-0.2, 0) is 19.5 Å². The van der Waals surface area contributed by atoms with Crippen LogP contribution in [0.3, 0.4) is 0 Å². The molecule has 0 aliphatic heterocycles. The molecule has 0 unspecified atom stereocenters. The highest BCUT2D eigenvalue weighted by Gasteiger charge is 2.15. The quantitative estimate of drug-likeness (QED) is 0.274. The second kappa shape index (κ2) is 13.6. The van der Waals surface area contributed by atoms with Gasteiger partial charge < -0.3 is 0 Å². The maximum Gasteiger partial charge on any atom is 0.256 e. The van der Waals surface area contributed by atoms with Crippen LogP contribution >= 0.6 is 0 Å². The van der Waals surface area contributed by atoms with Crippen LogP contribution in [-0.4, -0.2) is 4.57 Å². The average molecular weight is 322 g/mol. The standard InChI is InChI=1S/C21H41N2/c1-4-7-10-12-14-17-22-19-20-23(21(22)16-9-6-3)18-15-13-11-8-5-2/h19-20H,4-18H2,1-3H3/q+1. The maximum absolute atomic E-state index is 2.54. The monoisotopic (exact) mass is 321 g/mol. The van der Waals surface area contributed by atoms with Crippen LogP contribution in [0.15, 0.2) is 12.4 Å². The second-order valence-corrected chi connectivity index (χ2v) is 7.03. The topological polar surface area (TPSA) is 8.81 Å². The Balaban J connectivity index is 2.45. The molecule has 0 aromatic carbocycles. The summed E-state index contributed by atoms with van der Waals surface area (Å²) in [6.07, 6.45) is 22.2. The minimum Gasteiger partial charge on any atom is -0.234 e. The molecule has 0 aliphatic rings. The highest BCUT2D eigenvalue weighted by molar-refractivity contribution is 4.84. The van der Waals surface area contributed by atoms with Gasteiger partial charge in [-0.05, 0) is 32.1 Å². The molecule has 2 nitrogen and oxygen atoms in total. The van der Waals surface area contributed by atoms with Gasteiger partial charge in [-0.1, -0.05) is 65.7 Å². The molecule has 0 N–H and O–H groups in total. The molecular weight excluding hydrogens is 280 g/mol. The van der Waals surface area contributed by atoms with E-state index in [0.29, 0.717) is 0 Å². The lowest BCUT2D eigenvalue weighted by Crippen LogP contribution is -2.37. The fourth-order valence-corrected chi connectivity index (χ4v) is 3.30. The lowest BCUT2D eigenvalue weighted by Gasteiger charge is -2.06. The number of rotatable bonds is 15. The average Bonchev–Trinajstić information content (AvgIpc) is 2.94. The molecule has 134 valence electrons. The largest absolute Gasteiger partial charge is 0.256 e. The number of aromatic nitrogens is 2. The fraction of sp³-hybridized carbons (Fsp3) is 0.857. The first-order chi connectivity index (χ1) is 11.3. The molecular formula is C21H41N2+. The summed E-state index contributed by atoms with van der Waals surface area (Å²) >= 11 is 0. The summed E-state index contributed by atoms with van der Waals surface area (Å²) in [7, 11) is 0. The van der Waals surface area contributed by atoms with E-state index in [9.17, 15) is 0 Å². The molecule has 0 spiro atoms. The predicted octanol–water partition coefficient (Wildman–Crippen LogP) is 6.06. The van der Waals surface area contributed by atoms with Crippen LogP contribution in [0, 0.1) is 0 Å². The van der Waals surface area contributed by atoms with Crippen LogP contribution in [0.5, 0.6) is 0 Å². The zero-order valence-electron chi connectivity index (χ0n) is 16.2. The summed E-state index contributed by atoms with van der Waals surface area (Å²) in [5.74, 6) is 1.57. The first-order valence-corrected chi connectivity index (χ1v) is 10.4. The highest BCUT2D eigenvalue weighted by atomic mass is 15.1. The number of imidazole rings is 1. The molecule has 0 fully saturated rings. The second-order valence-electron chi connectivity index (χ2n) is 7.03. The van der Waals surface area contributed by atoms with Gasteiger partial charge in [0.25, 0.3) is 5.82 Å². The van der Waals surface area contributed by atoms with Crippen LogP contribution in [0.2, 0.25) is 0 Å². The predicted molar refractivity (Wildman–Crippen MR) is 101 cm³/mol. The first kappa shape index (κ1) is 20.3. The van der Waals surface area contributed by atoms with Crippen molar-refractivity contribution in [2.24, 2.45) is 0 Å². The summed E-state index contributed by atoms with van der Waals surface area (Å²) in [6, 6.07) is 0. The van der Waals surface area contributed by atoms with Gasteiger partial charge in [-0.2, -0.15) is 0 Å².